The summed E-state index contributed by atoms with van der Waals surface area (Å²) in [5.41, 5.74) is 1.59. The van der Waals surface area contributed by atoms with Crippen molar-refractivity contribution in [1.82, 2.24) is 9.80 Å². The van der Waals surface area contributed by atoms with Crippen molar-refractivity contribution in [2.75, 3.05) is 38.2 Å². The maximum atomic E-state index is 13.6. The van der Waals surface area contributed by atoms with Gasteiger partial charge in [0.05, 0.1) is 29.3 Å². The van der Waals surface area contributed by atoms with Crippen molar-refractivity contribution in [2.45, 2.75) is 57.1 Å². The molecule has 2 fully saturated rings. The number of anilines is 1. The van der Waals surface area contributed by atoms with E-state index in [9.17, 15) is 14.4 Å². The molecule has 0 bridgehead atoms. The summed E-state index contributed by atoms with van der Waals surface area (Å²) in [4.78, 5) is 45.8. The van der Waals surface area contributed by atoms with Crippen molar-refractivity contribution in [3.8, 4) is 11.5 Å². The van der Waals surface area contributed by atoms with Crippen LogP contribution in [0.25, 0.3) is 0 Å². The molecule has 2 aromatic carbocycles. The van der Waals surface area contributed by atoms with Crippen LogP contribution in [0.5, 0.6) is 11.5 Å². The minimum atomic E-state index is -0.442. The van der Waals surface area contributed by atoms with E-state index < -0.39 is 6.10 Å². The van der Waals surface area contributed by atoms with Gasteiger partial charge >= 0.3 is 0 Å². The number of imide groups is 1. The van der Waals surface area contributed by atoms with Crippen LogP contribution < -0.4 is 14.4 Å². The Morgan fingerprint density at radius 1 is 0.947 bits per heavy atom. The molecule has 1 saturated carbocycles. The summed E-state index contributed by atoms with van der Waals surface area (Å²) in [6.07, 6.45) is 7.07. The number of benzene rings is 2. The van der Waals surface area contributed by atoms with Crippen molar-refractivity contribution in [1.29, 1.82) is 0 Å². The van der Waals surface area contributed by atoms with Crippen LogP contribution in [-0.2, 0) is 4.79 Å². The number of rotatable bonds is 5. The molecule has 0 N–H and O–H groups in total. The molecule has 0 aromatic heterocycles. The van der Waals surface area contributed by atoms with E-state index in [0.29, 0.717) is 35.2 Å². The number of amides is 3. The number of para-hydroxylation sites is 2. The Morgan fingerprint density at radius 2 is 1.74 bits per heavy atom. The van der Waals surface area contributed by atoms with E-state index in [1.165, 1.54) is 24.2 Å². The van der Waals surface area contributed by atoms with Gasteiger partial charge in [-0.25, -0.2) is 0 Å². The van der Waals surface area contributed by atoms with Crippen LogP contribution in [0.1, 0.15) is 65.7 Å². The number of ether oxygens (including phenoxy) is 2. The molecule has 0 spiro atoms. The largest absolute Gasteiger partial charge is 0.486 e. The fourth-order valence-corrected chi connectivity index (χ4v) is 6.44. The van der Waals surface area contributed by atoms with Crippen LogP contribution in [0.15, 0.2) is 42.5 Å². The van der Waals surface area contributed by atoms with Gasteiger partial charge in [0.25, 0.3) is 11.8 Å². The lowest BCUT2D eigenvalue weighted by molar-refractivity contribution is -0.137. The predicted molar refractivity (Wildman–Crippen MR) is 143 cm³/mol. The van der Waals surface area contributed by atoms with Crippen LogP contribution in [-0.4, -0.2) is 73.0 Å². The van der Waals surface area contributed by atoms with E-state index in [-0.39, 0.29) is 36.8 Å². The van der Waals surface area contributed by atoms with E-state index >= 15 is 0 Å². The number of carbonyl (C=O) groups is 3. The Balaban J connectivity index is 1.17. The van der Waals surface area contributed by atoms with E-state index in [0.717, 1.165) is 37.9 Å². The number of fused-ring (bicyclic) bond motifs is 2. The highest BCUT2D eigenvalue weighted by molar-refractivity contribution is 6.23. The molecule has 8 heteroatoms. The quantitative estimate of drug-likeness (QED) is 0.555. The predicted octanol–water partition coefficient (Wildman–Crippen LogP) is 4.13. The van der Waals surface area contributed by atoms with Crippen LogP contribution in [0.2, 0.25) is 0 Å². The standard InChI is InChI=1S/C30H35N3O5/c1-31(21-10-3-2-4-11-21)28(34)20-9-8-16-32(17-20)24-13-7-12-23-27(24)30(36)33(29(23)35)18-22-19-37-25-14-5-6-15-26(25)38-22/h5-7,12-15,20-22H,2-4,8-11,16-19H2,1H3/t20-,22+/m1/s1. The average molecular weight is 518 g/mol. The van der Waals surface area contributed by atoms with Gasteiger partial charge in [-0.15, -0.1) is 0 Å². The minimum absolute atomic E-state index is 0.109. The molecule has 1 aliphatic carbocycles. The number of nitrogens with zero attached hydrogens (tertiary/aromatic N) is 3. The molecule has 3 heterocycles. The molecular formula is C30H35N3O5. The fraction of sp³-hybridized carbons (Fsp3) is 0.500. The van der Waals surface area contributed by atoms with Gasteiger partial charge in [0.15, 0.2) is 17.6 Å². The van der Waals surface area contributed by atoms with Crippen LogP contribution in [0, 0.1) is 5.92 Å². The Hall–Kier alpha value is -3.55. The molecule has 8 nitrogen and oxygen atoms in total. The molecule has 200 valence electrons. The Bertz CT molecular complexity index is 1240. The molecule has 4 aliphatic rings. The van der Waals surface area contributed by atoms with E-state index in [2.05, 4.69) is 4.90 Å². The van der Waals surface area contributed by atoms with Gasteiger partial charge < -0.3 is 19.3 Å². The Kier molecular flexibility index (Phi) is 6.72. The molecule has 2 atom stereocenters. The van der Waals surface area contributed by atoms with Crippen molar-refractivity contribution < 1.29 is 23.9 Å². The Morgan fingerprint density at radius 3 is 2.55 bits per heavy atom. The van der Waals surface area contributed by atoms with Gasteiger partial charge in [-0.1, -0.05) is 37.5 Å². The third kappa shape index (κ3) is 4.50. The Labute approximate surface area is 223 Å². The lowest BCUT2D eigenvalue weighted by Gasteiger charge is -2.38. The zero-order chi connectivity index (χ0) is 26.2. The highest BCUT2D eigenvalue weighted by Gasteiger charge is 2.41. The smallest absolute Gasteiger partial charge is 0.263 e. The first kappa shape index (κ1) is 24.8. The molecular weight excluding hydrogens is 482 g/mol. The maximum Gasteiger partial charge on any atom is 0.263 e. The highest BCUT2D eigenvalue weighted by atomic mass is 16.6. The minimum Gasteiger partial charge on any atom is -0.486 e. The first-order chi connectivity index (χ1) is 18.5. The van der Waals surface area contributed by atoms with Gasteiger partial charge in [0.2, 0.25) is 5.91 Å². The molecule has 38 heavy (non-hydrogen) atoms. The first-order valence-electron chi connectivity index (χ1n) is 13.9. The van der Waals surface area contributed by atoms with Crippen molar-refractivity contribution in [3.63, 3.8) is 0 Å². The van der Waals surface area contributed by atoms with E-state index in [1.807, 2.05) is 48.3 Å². The zero-order valence-electron chi connectivity index (χ0n) is 21.9. The lowest BCUT2D eigenvalue weighted by atomic mass is 9.91. The number of piperidine rings is 1. The van der Waals surface area contributed by atoms with Gasteiger partial charge in [0.1, 0.15) is 6.61 Å². The van der Waals surface area contributed by atoms with Gasteiger partial charge in [-0.05, 0) is 49.9 Å². The first-order valence-corrected chi connectivity index (χ1v) is 13.9. The third-order valence-corrected chi connectivity index (χ3v) is 8.51. The molecule has 3 aliphatic heterocycles. The maximum absolute atomic E-state index is 13.6. The van der Waals surface area contributed by atoms with Crippen LogP contribution in [0.3, 0.4) is 0 Å². The number of carbonyl (C=O) groups excluding carboxylic acids is 3. The summed E-state index contributed by atoms with van der Waals surface area (Å²) in [7, 11) is 1.95. The van der Waals surface area contributed by atoms with Crippen molar-refractivity contribution in [3.05, 3.63) is 53.6 Å². The van der Waals surface area contributed by atoms with Crippen molar-refractivity contribution >= 4 is 23.4 Å². The molecule has 0 unspecified atom stereocenters. The van der Waals surface area contributed by atoms with Crippen molar-refractivity contribution in [2.24, 2.45) is 5.92 Å². The van der Waals surface area contributed by atoms with E-state index in [4.69, 9.17) is 9.47 Å². The van der Waals surface area contributed by atoms with Gasteiger partial charge in [-0.3, -0.25) is 19.3 Å². The molecule has 1 saturated heterocycles. The summed E-state index contributed by atoms with van der Waals surface area (Å²) in [6.45, 7) is 1.70. The average Bonchev–Trinajstić information content (AvgIpc) is 3.21. The van der Waals surface area contributed by atoms with E-state index in [1.54, 1.807) is 6.07 Å². The second kappa shape index (κ2) is 10.3. The molecule has 3 amide bonds. The monoisotopic (exact) mass is 517 g/mol. The lowest BCUT2D eigenvalue weighted by Crippen LogP contribution is -2.47. The summed E-state index contributed by atoms with van der Waals surface area (Å²) in [6, 6.07) is 13.2. The SMILES string of the molecule is CN(C(=O)[C@@H]1CCCN(c2cccc3c2C(=O)N(C[C@H]2COc4ccccc4O2)C3=O)C1)C1CCCCC1. The zero-order valence-corrected chi connectivity index (χ0v) is 21.9. The van der Waals surface area contributed by atoms with Gasteiger partial charge in [-0.2, -0.15) is 0 Å². The summed E-state index contributed by atoms with van der Waals surface area (Å²) in [5.74, 6) is 0.752. The topological polar surface area (TPSA) is 79.4 Å². The highest BCUT2D eigenvalue weighted by Crippen LogP contribution is 2.36. The van der Waals surface area contributed by atoms with Crippen LogP contribution >= 0.6 is 0 Å². The molecule has 6 rings (SSSR count). The normalized spacial score (nSPS) is 23.4. The van der Waals surface area contributed by atoms with Crippen LogP contribution in [0.4, 0.5) is 5.69 Å². The summed E-state index contributed by atoms with van der Waals surface area (Å²) in [5, 5.41) is 0. The second-order valence-corrected chi connectivity index (χ2v) is 10.9. The second-order valence-electron chi connectivity index (χ2n) is 10.9. The molecule has 2 aromatic rings. The fourth-order valence-electron chi connectivity index (χ4n) is 6.44. The number of hydrogen-bond acceptors (Lipinski definition) is 6. The van der Waals surface area contributed by atoms with Gasteiger partial charge in [0, 0.05) is 26.2 Å². The molecule has 0 radical (unpaired) electrons. The summed E-state index contributed by atoms with van der Waals surface area (Å²) < 4.78 is 11.8. The number of hydrogen-bond donors (Lipinski definition) is 0. The third-order valence-electron chi connectivity index (χ3n) is 8.51. The summed E-state index contributed by atoms with van der Waals surface area (Å²) >= 11 is 0.